The third-order valence-corrected chi connectivity index (χ3v) is 4.30. The lowest BCUT2D eigenvalue weighted by Gasteiger charge is -2.38. The predicted octanol–water partition coefficient (Wildman–Crippen LogP) is 2.74. The van der Waals surface area contributed by atoms with Crippen molar-refractivity contribution in [1.29, 1.82) is 0 Å². The summed E-state index contributed by atoms with van der Waals surface area (Å²) in [4.78, 5) is 14.7. The molecule has 1 aromatic rings. The van der Waals surface area contributed by atoms with E-state index in [2.05, 4.69) is 31.3 Å². The highest BCUT2D eigenvalue weighted by Crippen LogP contribution is 2.33. The van der Waals surface area contributed by atoms with Crippen LogP contribution in [0.5, 0.6) is 0 Å². The Morgan fingerprint density at radius 1 is 1.47 bits per heavy atom. The molecule has 0 spiro atoms. The first kappa shape index (κ1) is 14.1. The van der Waals surface area contributed by atoms with Crippen LogP contribution >= 0.6 is 0 Å². The Labute approximate surface area is 116 Å². The topological polar surface area (TPSA) is 32.3 Å². The van der Waals surface area contributed by atoms with Crippen LogP contribution in [-0.2, 0) is 4.79 Å². The van der Waals surface area contributed by atoms with Gasteiger partial charge in [-0.05, 0) is 50.4 Å². The first-order chi connectivity index (χ1) is 9.09. The van der Waals surface area contributed by atoms with Gasteiger partial charge in [0.25, 0.3) is 0 Å². The van der Waals surface area contributed by atoms with Crippen LogP contribution in [0.25, 0.3) is 0 Å². The van der Waals surface area contributed by atoms with Crippen LogP contribution in [0.2, 0.25) is 0 Å². The molecule has 0 saturated carbocycles. The molecule has 1 aliphatic rings. The van der Waals surface area contributed by atoms with Gasteiger partial charge in [0.1, 0.15) is 0 Å². The van der Waals surface area contributed by atoms with E-state index in [1.54, 1.807) is 0 Å². The lowest BCUT2D eigenvalue weighted by atomic mass is 9.77. The van der Waals surface area contributed by atoms with Gasteiger partial charge in [-0.2, -0.15) is 0 Å². The second-order valence-corrected chi connectivity index (χ2v) is 5.62. The number of benzene rings is 1. The van der Waals surface area contributed by atoms with E-state index in [0.29, 0.717) is 0 Å². The van der Waals surface area contributed by atoms with E-state index in [4.69, 9.17) is 0 Å². The molecule has 0 radical (unpaired) electrons. The average Bonchev–Trinajstić information content (AvgIpc) is 2.46. The molecule has 0 aromatic heterocycles. The van der Waals surface area contributed by atoms with Crippen molar-refractivity contribution >= 4 is 11.6 Å². The molecule has 1 aliphatic heterocycles. The van der Waals surface area contributed by atoms with Crippen molar-refractivity contribution in [1.82, 2.24) is 5.32 Å². The summed E-state index contributed by atoms with van der Waals surface area (Å²) in [6, 6.07) is 8.13. The van der Waals surface area contributed by atoms with Crippen LogP contribution in [0.3, 0.4) is 0 Å². The summed E-state index contributed by atoms with van der Waals surface area (Å²) in [5.74, 6) is 0.243. The molecule has 0 aliphatic carbocycles. The Bertz CT molecular complexity index is 450. The highest BCUT2D eigenvalue weighted by molar-refractivity contribution is 5.97. The third-order valence-electron chi connectivity index (χ3n) is 4.30. The lowest BCUT2D eigenvalue weighted by Crippen LogP contribution is -2.50. The number of hydrogen-bond acceptors (Lipinski definition) is 2. The van der Waals surface area contributed by atoms with Crippen LogP contribution in [-0.4, -0.2) is 26.0 Å². The Balaban J connectivity index is 2.22. The summed E-state index contributed by atoms with van der Waals surface area (Å²) < 4.78 is 0. The number of nitrogens with one attached hydrogen (secondary N) is 1. The molecule has 1 aromatic carbocycles. The van der Waals surface area contributed by atoms with Gasteiger partial charge in [-0.1, -0.05) is 19.1 Å². The van der Waals surface area contributed by atoms with Crippen LogP contribution in [0.1, 0.15) is 31.7 Å². The zero-order valence-electron chi connectivity index (χ0n) is 12.2. The Morgan fingerprint density at radius 3 is 2.84 bits per heavy atom. The lowest BCUT2D eigenvalue weighted by molar-refractivity contribution is -0.129. The molecule has 3 nitrogen and oxygen atoms in total. The summed E-state index contributed by atoms with van der Waals surface area (Å²) in [6.07, 6.45) is 2.97. The van der Waals surface area contributed by atoms with Crippen molar-refractivity contribution in [2.45, 2.75) is 33.1 Å². The van der Waals surface area contributed by atoms with Gasteiger partial charge in [-0.25, -0.2) is 0 Å². The SMILES string of the molecule is CCC1(C(=O)N(C)c2cccc(C)c2)CCCNC1. The van der Waals surface area contributed by atoms with Crippen molar-refractivity contribution in [3.63, 3.8) is 0 Å². The molecule has 1 amide bonds. The second kappa shape index (κ2) is 5.74. The number of aryl methyl sites for hydroxylation is 1. The monoisotopic (exact) mass is 260 g/mol. The molecular weight excluding hydrogens is 236 g/mol. The van der Waals surface area contributed by atoms with Crippen LogP contribution in [0.4, 0.5) is 5.69 Å². The minimum atomic E-state index is -0.225. The summed E-state index contributed by atoms with van der Waals surface area (Å²) in [6.45, 7) is 6.01. The van der Waals surface area contributed by atoms with Crippen LogP contribution in [0.15, 0.2) is 24.3 Å². The number of hydrogen-bond donors (Lipinski definition) is 1. The molecule has 1 N–H and O–H groups in total. The summed E-state index contributed by atoms with van der Waals surface area (Å²) in [5.41, 5.74) is 1.95. The molecule has 3 heteroatoms. The number of carbonyl (C=O) groups is 1. The first-order valence-corrected chi connectivity index (χ1v) is 7.14. The molecule has 104 valence electrons. The van der Waals surface area contributed by atoms with Gasteiger partial charge in [0, 0.05) is 19.3 Å². The van der Waals surface area contributed by atoms with E-state index in [1.807, 2.05) is 24.1 Å². The van der Waals surface area contributed by atoms with Crippen molar-refractivity contribution < 1.29 is 4.79 Å². The van der Waals surface area contributed by atoms with Crippen LogP contribution in [0, 0.1) is 12.3 Å². The zero-order valence-corrected chi connectivity index (χ0v) is 12.2. The third kappa shape index (κ3) is 2.81. The number of rotatable bonds is 3. The Morgan fingerprint density at radius 2 is 2.26 bits per heavy atom. The van der Waals surface area contributed by atoms with Gasteiger partial charge >= 0.3 is 0 Å². The molecule has 19 heavy (non-hydrogen) atoms. The molecule has 1 atom stereocenters. The zero-order chi connectivity index (χ0) is 13.9. The molecule has 1 heterocycles. The van der Waals surface area contributed by atoms with Gasteiger partial charge in [-0.3, -0.25) is 4.79 Å². The normalized spacial score (nSPS) is 23.1. The number of amides is 1. The minimum Gasteiger partial charge on any atom is -0.316 e. The molecule has 1 saturated heterocycles. The fourth-order valence-corrected chi connectivity index (χ4v) is 2.91. The molecule has 1 fully saturated rings. The van der Waals surface area contributed by atoms with Crippen molar-refractivity contribution in [3.05, 3.63) is 29.8 Å². The fraction of sp³-hybridized carbons (Fsp3) is 0.562. The van der Waals surface area contributed by atoms with Gasteiger partial charge in [-0.15, -0.1) is 0 Å². The number of nitrogens with zero attached hydrogens (tertiary/aromatic N) is 1. The average molecular weight is 260 g/mol. The number of carbonyl (C=O) groups excluding carboxylic acids is 1. The maximum absolute atomic E-state index is 12.8. The maximum atomic E-state index is 12.8. The number of anilines is 1. The molecule has 2 rings (SSSR count). The van der Waals surface area contributed by atoms with Gasteiger partial charge in [0.15, 0.2) is 0 Å². The van der Waals surface area contributed by atoms with Crippen molar-refractivity contribution in [3.8, 4) is 0 Å². The van der Waals surface area contributed by atoms with Gasteiger partial charge in [0.05, 0.1) is 5.41 Å². The standard InChI is InChI=1S/C16H24N2O/c1-4-16(9-6-10-17-12-16)15(19)18(3)14-8-5-7-13(2)11-14/h5,7-8,11,17H,4,6,9-10,12H2,1-3H3. The highest BCUT2D eigenvalue weighted by atomic mass is 16.2. The molecule has 0 bridgehead atoms. The molecule has 1 unspecified atom stereocenters. The minimum absolute atomic E-state index is 0.225. The van der Waals surface area contributed by atoms with Crippen LogP contribution < -0.4 is 10.2 Å². The van der Waals surface area contributed by atoms with Gasteiger partial charge in [0.2, 0.25) is 5.91 Å². The van der Waals surface area contributed by atoms with Crippen molar-refractivity contribution in [2.24, 2.45) is 5.41 Å². The predicted molar refractivity (Wildman–Crippen MR) is 79.4 cm³/mol. The van der Waals surface area contributed by atoms with Crippen molar-refractivity contribution in [2.75, 3.05) is 25.0 Å². The first-order valence-electron chi connectivity index (χ1n) is 7.14. The second-order valence-electron chi connectivity index (χ2n) is 5.62. The highest BCUT2D eigenvalue weighted by Gasteiger charge is 2.39. The number of piperidine rings is 1. The van der Waals surface area contributed by atoms with Gasteiger partial charge < -0.3 is 10.2 Å². The summed E-state index contributed by atoms with van der Waals surface area (Å²) in [7, 11) is 1.89. The van der Waals surface area contributed by atoms with E-state index in [1.165, 1.54) is 5.56 Å². The van der Waals surface area contributed by atoms with E-state index >= 15 is 0 Å². The Kier molecular flexibility index (Phi) is 4.25. The maximum Gasteiger partial charge on any atom is 0.234 e. The Hall–Kier alpha value is -1.35. The van der Waals surface area contributed by atoms with E-state index in [9.17, 15) is 4.79 Å². The molecular formula is C16H24N2O. The van der Waals surface area contributed by atoms with E-state index in [0.717, 1.165) is 38.0 Å². The summed E-state index contributed by atoms with van der Waals surface area (Å²) in [5, 5.41) is 3.38. The smallest absolute Gasteiger partial charge is 0.234 e. The fourth-order valence-electron chi connectivity index (χ4n) is 2.91. The largest absolute Gasteiger partial charge is 0.316 e. The van der Waals surface area contributed by atoms with E-state index in [-0.39, 0.29) is 11.3 Å². The van der Waals surface area contributed by atoms with E-state index < -0.39 is 0 Å². The quantitative estimate of drug-likeness (QED) is 0.906. The summed E-state index contributed by atoms with van der Waals surface area (Å²) >= 11 is 0.